The number of hydrogen-bond acceptors (Lipinski definition) is 6. The highest BCUT2D eigenvalue weighted by Crippen LogP contribution is 2.30. The highest BCUT2D eigenvalue weighted by atomic mass is 32.1. The lowest BCUT2D eigenvalue weighted by molar-refractivity contribution is -0.137. The van der Waals surface area contributed by atoms with E-state index >= 15 is 0 Å². The maximum absolute atomic E-state index is 12.7. The summed E-state index contributed by atoms with van der Waals surface area (Å²) in [6, 6.07) is 6.14. The average molecular weight is 379 g/mol. The van der Waals surface area contributed by atoms with E-state index in [1.807, 2.05) is 0 Å². The number of anilines is 3. The Kier molecular flexibility index (Phi) is 5.12. The van der Waals surface area contributed by atoms with Gasteiger partial charge in [0.2, 0.25) is 11.9 Å². The number of benzene rings is 1. The number of carbonyl (C=O) groups excluding carboxylic acids is 1. The molecule has 0 aliphatic rings. The second kappa shape index (κ2) is 7.48. The fourth-order valence-corrected chi connectivity index (χ4v) is 2.75. The van der Waals surface area contributed by atoms with E-state index in [2.05, 4.69) is 25.6 Å². The molecule has 0 fully saturated rings. The van der Waals surface area contributed by atoms with Gasteiger partial charge >= 0.3 is 6.18 Å². The van der Waals surface area contributed by atoms with E-state index in [1.165, 1.54) is 23.5 Å². The average Bonchev–Trinajstić information content (AvgIpc) is 3.02. The molecule has 3 aromatic rings. The van der Waals surface area contributed by atoms with Gasteiger partial charge in [0.25, 0.3) is 0 Å². The zero-order valence-corrected chi connectivity index (χ0v) is 13.9. The first-order valence-electron chi connectivity index (χ1n) is 7.36. The second-order valence-electron chi connectivity index (χ2n) is 5.14. The van der Waals surface area contributed by atoms with Crippen molar-refractivity contribution in [2.75, 3.05) is 10.6 Å². The minimum Gasteiger partial charge on any atom is -0.326 e. The molecule has 26 heavy (non-hydrogen) atoms. The fourth-order valence-electron chi connectivity index (χ4n) is 2.05. The Morgan fingerprint density at radius 3 is 2.65 bits per heavy atom. The lowest BCUT2D eigenvalue weighted by Crippen LogP contribution is -2.15. The molecule has 2 heterocycles. The number of nitrogens with one attached hydrogen (secondary N) is 2. The van der Waals surface area contributed by atoms with Gasteiger partial charge in [0.05, 0.1) is 17.7 Å². The third-order valence-electron chi connectivity index (χ3n) is 3.15. The molecule has 0 radical (unpaired) electrons. The van der Waals surface area contributed by atoms with E-state index in [9.17, 15) is 18.0 Å². The van der Waals surface area contributed by atoms with Crippen LogP contribution in [0.5, 0.6) is 0 Å². The van der Waals surface area contributed by atoms with Crippen LogP contribution >= 0.6 is 11.3 Å². The van der Waals surface area contributed by atoms with Gasteiger partial charge < -0.3 is 10.6 Å². The first-order chi connectivity index (χ1) is 12.4. The van der Waals surface area contributed by atoms with Crippen LogP contribution in [0.4, 0.5) is 29.9 Å². The molecule has 0 aliphatic carbocycles. The quantitative estimate of drug-likeness (QED) is 0.703. The van der Waals surface area contributed by atoms with E-state index in [0.717, 1.165) is 12.1 Å². The third kappa shape index (κ3) is 4.76. The van der Waals surface area contributed by atoms with E-state index in [0.29, 0.717) is 16.8 Å². The van der Waals surface area contributed by atoms with Gasteiger partial charge in [0.1, 0.15) is 0 Å². The van der Waals surface area contributed by atoms with Gasteiger partial charge in [-0.25, -0.2) is 15.0 Å². The summed E-state index contributed by atoms with van der Waals surface area (Å²) in [6.07, 6.45) is -1.38. The van der Waals surface area contributed by atoms with Crippen LogP contribution < -0.4 is 10.6 Å². The number of aromatic nitrogens is 3. The topological polar surface area (TPSA) is 79.8 Å². The first-order valence-corrected chi connectivity index (χ1v) is 8.24. The van der Waals surface area contributed by atoms with Gasteiger partial charge in [-0.2, -0.15) is 13.2 Å². The lowest BCUT2D eigenvalue weighted by Gasteiger charge is -2.09. The Bertz CT molecular complexity index is 898. The van der Waals surface area contributed by atoms with Crippen molar-refractivity contribution < 1.29 is 18.0 Å². The summed E-state index contributed by atoms with van der Waals surface area (Å²) in [5, 5.41) is 7.53. The highest BCUT2D eigenvalue weighted by molar-refractivity contribution is 7.13. The Morgan fingerprint density at radius 1 is 1.15 bits per heavy atom. The molecule has 2 N–H and O–H groups in total. The summed E-state index contributed by atoms with van der Waals surface area (Å²) >= 11 is 1.27. The molecule has 10 heteroatoms. The summed E-state index contributed by atoms with van der Waals surface area (Å²) in [6.45, 7) is 0. The summed E-state index contributed by atoms with van der Waals surface area (Å²) < 4.78 is 38.1. The van der Waals surface area contributed by atoms with Crippen molar-refractivity contribution >= 4 is 34.0 Å². The molecule has 0 bridgehead atoms. The van der Waals surface area contributed by atoms with Crippen LogP contribution in [0.15, 0.2) is 48.1 Å². The third-order valence-corrected chi connectivity index (χ3v) is 3.96. The molecule has 134 valence electrons. The number of amides is 1. The number of alkyl halides is 3. The Hall–Kier alpha value is -3.01. The van der Waals surface area contributed by atoms with Crippen molar-refractivity contribution in [3.63, 3.8) is 0 Å². The molecule has 0 atom stereocenters. The van der Waals surface area contributed by atoms with Crippen LogP contribution in [0.3, 0.4) is 0 Å². The van der Waals surface area contributed by atoms with Crippen molar-refractivity contribution in [3.05, 3.63) is 59.4 Å². The lowest BCUT2D eigenvalue weighted by atomic mass is 10.2. The number of nitrogens with zero attached hydrogens (tertiary/aromatic N) is 3. The molecule has 0 saturated heterocycles. The van der Waals surface area contributed by atoms with E-state index in [4.69, 9.17) is 0 Å². The maximum atomic E-state index is 12.7. The Morgan fingerprint density at radius 2 is 1.92 bits per heavy atom. The predicted molar refractivity (Wildman–Crippen MR) is 91.2 cm³/mol. The predicted octanol–water partition coefficient (Wildman–Crippen LogP) is 3.88. The van der Waals surface area contributed by atoms with E-state index < -0.39 is 17.6 Å². The SMILES string of the molecule is O=C(Cc1csc(Nc2ncccn2)n1)Nc1cccc(C(F)(F)F)c1. The fraction of sp³-hybridized carbons (Fsp3) is 0.125. The molecule has 0 spiro atoms. The molecule has 1 aromatic carbocycles. The van der Waals surface area contributed by atoms with Gasteiger partial charge in [0.15, 0.2) is 5.13 Å². The number of rotatable bonds is 5. The Labute approximate surface area is 150 Å². The molecular weight excluding hydrogens is 367 g/mol. The number of carbonyl (C=O) groups is 1. The van der Waals surface area contributed by atoms with E-state index in [-0.39, 0.29) is 12.1 Å². The zero-order valence-electron chi connectivity index (χ0n) is 13.1. The minimum absolute atomic E-state index is 0.0654. The van der Waals surface area contributed by atoms with Crippen molar-refractivity contribution in [2.24, 2.45) is 0 Å². The van der Waals surface area contributed by atoms with Gasteiger partial charge in [-0.1, -0.05) is 6.07 Å². The van der Waals surface area contributed by atoms with Crippen molar-refractivity contribution in [1.29, 1.82) is 0 Å². The van der Waals surface area contributed by atoms with Crippen LogP contribution in [-0.2, 0) is 17.4 Å². The van der Waals surface area contributed by atoms with Gasteiger partial charge in [-0.3, -0.25) is 4.79 Å². The van der Waals surface area contributed by atoms with Crippen LogP contribution in [0.25, 0.3) is 0 Å². The molecule has 0 saturated carbocycles. The highest BCUT2D eigenvalue weighted by Gasteiger charge is 2.30. The molecule has 1 amide bonds. The summed E-state index contributed by atoms with van der Waals surface area (Å²) in [4.78, 5) is 24.3. The van der Waals surface area contributed by atoms with Crippen molar-refractivity contribution in [2.45, 2.75) is 12.6 Å². The maximum Gasteiger partial charge on any atom is 0.416 e. The summed E-state index contributed by atoms with van der Waals surface area (Å²) in [5.74, 6) is -0.0843. The summed E-state index contributed by atoms with van der Waals surface area (Å²) in [5.41, 5.74) is -0.257. The molecule has 3 rings (SSSR count). The molecule has 6 nitrogen and oxygen atoms in total. The van der Waals surface area contributed by atoms with E-state index in [1.54, 1.807) is 23.8 Å². The second-order valence-corrected chi connectivity index (χ2v) is 6.00. The zero-order chi connectivity index (χ0) is 18.6. The Balaban J connectivity index is 1.60. The number of halogens is 3. The molecule has 2 aromatic heterocycles. The smallest absolute Gasteiger partial charge is 0.326 e. The van der Waals surface area contributed by atoms with Crippen LogP contribution in [0.2, 0.25) is 0 Å². The van der Waals surface area contributed by atoms with Gasteiger partial charge in [0, 0.05) is 23.5 Å². The normalized spacial score (nSPS) is 11.2. The molecule has 0 unspecified atom stereocenters. The standard InChI is InChI=1S/C16H12F3N5OS/c17-16(18,19)10-3-1-4-11(7-10)22-13(25)8-12-9-26-15(23-12)24-14-20-5-2-6-21-14/h1-7,9H,8H2,(H,22,25)(H,20,21,23,24). The minimum atomic E-state index is -4.46. The van der Waals surface area contributed by atoms with Crippen LogP contribution in [0, 0.1) is 0 Å². The van der Waals surface area contributed by atoms with Gasteiger partial charge in [-0.15, -0.1) is 11.3 Å². The number of hydrogen-bond donors (Lipinski definition) is 2. The largest absolute Gasteiger partial charge is 0.416 e. The van der Waals surface area contributed by atoms with Gasteiger partial charge in [-0.05, 0) is 24.3 Å². The first kappa shape index (κ1) is 17.8. The summed E-state index contributed by atoms with van der Waals surface area (Å²) in [7, 11) is 0. The molecular formula is C16H12F3N5OS. The molecule has 0 aliphatic heterocycles. The van der Waals surface area contributed by atoms with Crippen molar-refractivity contribution in [3.8, 4) is 0 Å². The monoisotopic (exact) mass is 379 g/mol. The van der Waals surface area contributed by atoms with Crippen LogP contribution in [0.1, 0.15) is 11.3 Å². The number of thiazole rings is 1. The van der Waals surface area contributed by atoms with Crippen LogP contribution in [-0.4, -0.2) is 20.9 Å². The van der Waals surface area contributed by atoms with Crippen molar-refractivity contribution in [1.82, 2.24) is 15.0 Å².